The van der Waals surface area contributed by atoms with Crippen LogP contribution in [0.4, 0.5) is 4.39 Å². The monoisotopic (exact) mass is 427 g/mol. The van der Waals surface area contributed by atoms with Crippen LogP contribution in [0.25, 0.3) is 22.8 Å². The smallest absolute Gasteiger partial charge is 0.237 e. The normalized spacial score (nSPS) is 11.0. The van der Waals surface area contributed by atoms with Crippen molar-refractivity contribution in [3.8, 4) is 22.8 Å². The standard InChI is InChI=1S/C20H15ClFN5OS/c1-2-11-27-19(14-3-7-15(21)8-4-14)24-25-20(27)29-12-17-23-18(26-28-17)13-5-9-16(22)10-6-13/h2-10H,1,11-12H2. The molecule has 0 unspecified atom stereocenters. The first-order valence-electron chi connectivity index (χ1n) is 8.65. The molecule has 4 rings (SSSR count). The van der Waals surface area contributed by atoms with Crippen molar-refractivity contribution in [1.82, 2.24) is 24.9 Å². The second-order valence-electron chi connectivity index (χ2n) is 6.02. The molecule has 0 aliphatic heterocycles. The SMILES string of the molecule is C=CCn1c(SCc2nc(-c3ccc(F)cc3)no2)nnc1-c1ccc(Cl)cc1. The molecule has 2 aromatic heterocycles. The number of allylic oxidation sites excluding steroid dienone is 1. The van der Waals surface area contributed by atoms with E-state index >= 15 is 0 Å². The molecule has 0 amide bonds. The Labute approximate surface area is 175 Å². The quantitative estimate of drug-likeness (QED) is 0.296. The topological polar surface area (TPSA) is 69.6 Å². The molecule has 0 N–H and O–H groups in total. The molecule has 0 fully saturated rings. The molecule has 2 heterocycles. The van der Waals surface area contributed by atoms with Gasteiger partial charge in [-0.15, -0.1) is 16.8 Å². The number of rotatable bonds is 7. The summed E-state index contributed by atoms with van der Waals surface area (Å²) in [5.41, 5.74) is 1.60. The van der Waals surface area contributed by atoms with E-state index in [0.29, 0.717) is 39.8 Å². The van der Waals surface area contributed by atoms with E-state index in [-0.39, 0.29) is 5.82 Å². The zero-order valence-corrected chi connectivity index (χ0v) is 16.7. The van der Waals surface area contributed by atoms with Gasteiger partial charge in [-0.1, -0.05) is 34.6 Å². The van der Waals surface area contributed by atoms with Gasteiger partial charge in [-0.3, -0.25) is 4.57 Å². The largest absolute Gasteiger partial charge is 0.338 e. The van der Waals surface area contributed by atoms with E-state index in [2.05, 4.69) is 26.9 Å². The number of hydrogen-bond donors (Lipinski definition) is 0. The first kappa shape index (κ1) is 19.4. The van der Waals surface area contributed by atoms with Gasteiger partial charge in [0, 0.05) is 22.7 Å². The summed E-state index contributed by atoms with van der Waals surface area (Å²) in [6.07, 6.45) is 1.78. The van der Waals surface area contributed by atoms with Gasteiger partial charge in [0.05, 0.1) is 5.75 Å². The Morgan fingerprint density at radius 2 is 1.79 bits per heavy atom. The first-order chi connectivity index (χ1) is 14.1. The number of hydrogen-bond acceptors (Lipinski definition) is 6. The van der Waals surface area contributed by atoms with Gasteiger partial charge in [0.2, 0.25) is 11.7 Å². The van der Waals surface area contributed by atoms with Crippen molar-refractivity contribution in [3.05, 3.63) is 77.9 Å². The van der Waals surface area contributed by atoms with Gasteiger partial charge in [-0.2, -0.15) is 4.98 Å². The van der Waals surface area contributed by atoms with E-state index in [4.69, 9.17) is 16.1 Å². The van der Waals surface area contributed by atoms with Gasteiger partial charge in [0.25, 0.3) is 0 Å². The third-order valence-electron chi connectivity index (χ3n) is 4.03. The fourth-order valence-corrected chi connectivity index (χ4v) is 3.57. The molecule has 0 saturated carbocycles. The maximum absolute atomic E-state index is 13.1. The molecule has 0 atom stereocenters. The molecule has 0 saturated heterocycles. The minimum Gasteiger partial charge on any atom is -0.338 e. The number of halogens is 2. The van der Waals surface area contributed by atoms with E-state index in [0.717, 1.165) is 11.4 Å². The van der Waals surface area contributed by atoms with Crippen molar-refractivity contribution in [2.45, 2.75) is 17.5 Å². The molecular weight excluding hydrogens is 413 g/mol. The second-order valence-corrected chi connectivity index (χ2v) is 7.40. The van der Waals surface area contributed by atoms with Gasteiger partial charge >= 0.3 is 0 Å². The van der Waals surface area contributed by atoms with Gasteiger partial charge in [0.15, 0.2) is 11.0 Å². The minimum absolute atomic E-state index is 0.314. The van der Waals surface area contributed by atoms with Crippen LogP contribution in [0.2, 0.25) is 5.02 Å². The maximum Gasteiger partial charge on any atom is 0.237 e. The van der Waals surface area contributed by atoms with E-state index in [9.17, 15) is 4.39 Å². The van der Waals surface area contributed by atoms with E-state index in [1.807, 2.05) is 28.8 Å². The van der Waals surface area contributed by atoms with Crippen LogP contribution < -0.4 is 0 Å². The van der Waals surface area contributed by atoms with Crippen molar-refractivity contribution in [2.24, 2.45) is 0 Å². The molecule has 6 nitrogen and oxygen atoms in total. The zero-order chi connectivity index (χ0) is 20.2. The Bertz CT molecular complexity index is 1120. The fraction of sp³-hybridized carbons (Fsp3) is 0.100. The van der Waals surface area contributed by atoms with E-state index < -0.39 is 0 Å². The van der Waals surface area contributed by atoms with Gasteiger partial charge in [-0.25, -0.2) is 4.39 Å². The van der Waals surface area contributed by atoms with Crippen LogP contribution in [0.15, 0.2) is 70.9 Å². The molecule has 29 heavy (non-hydrogen) atoms. The lowest BCUT2D eigenvalue weighted by Gasteiger charge is -2.07. The summed E-state index contributed by atoms with van der Waals surface area (Å²) in [5.74, 6) is 1.68. The summed E-state index contributed by atoms with van der Waals surface area (Å²) < 4.78 is 20.3. The summed E-state index contributed by atoms with van der Waals surface area (Å²) in [6.45, 7) is 4.37. The summed E-state index contributed by atoms with van der Waals surface area (Å²) in [5, 5.41) is 13.9. The Morgan fingerprint density at radius 3 is 2.52 bits per heavy atom. The number of benzene rings is 2. The highest BCUT2D eigenvalue weighted by Gasteiger charge is 2.16. The lowest BCUT2D eigenvalue weighted by Crippen LogP contribution is -2.00. The van der Waals surface area contributed by atoms with E-state index in [1.54, 1.807) is 18.2 Å². The minimum atomic E-state index is -0.314. The van der Waals surface area contributed by atoms with Gasteiger partial charge in [0.1, 0.15) is 5.82 Å². The summed E-state index contributed by atoms with van der Waals surface area (Å²) in [7, 11) is 0. The number of aromatic nitrogens is 5. The summed E-state index contributed by atoms with van der Waals surface area (Å²) in [4.78, 5) is 4.36. The van der Waals surface area contributed by atoms with Crippen LogP contribution in [0, 0.1) is 5.82 Å². The van der Waals surface area contributed by atoms with Crippen LogP contribution in [0.1, 0.15) is 5.89 Å². The predicted molar refractivity (Wildman–Crippen MR) is 110 cm³/mol. The van der Waals surface area contributed by atoms with Crippen LogP contribution in [0.5, 0.6) is 0 Å². The van der Waals surface area contributed by atoms with Gasteiger partial charge in [-0.05, 0) is 48.5 Å². The van der Waals surface area contributed by atoms with Crippen molar-refractivity contribution in [1.29, 1.82) is 0 Å². The van der Waals surface area contributed by atoms with Crippen LogP contribution in [-0.2, 0) is 12.3 Å². The lowest BCUT2D eigenvalue weighted by molar-refractivity contribution is 0.391. The Kier molecular flexibility index (Phi) is 5.73. The predicted octanol–water partition coefficient (Wildman–Crippen LogP) is 5.27. The molecule has 0 radical (unpaired) electrons. The highest BCUT2D eigenvalue weighted by Crippen LogP contribution is 2.27. The first-order valence-corrected chi connectivity index (χ1v) is 10.0. The number of nitrogens with zero attached hydrogens (tertiary/aromatic N) is 5. The van der Waals surface area contributed by atoms with E-state index in [1.165, 1.54) is 23.9 Å². The van der Waals surface area contributed by atoms with Crippen molar-refractivity contribution >= 4 is 23.4 Å². The number of thioether (sulfide) groups is 1. The van der Waals surface area contributed by atoms with Gasteiger partial charge < -0.3 is 4.52 Å². The second kappa shape index (κ2) is 8.59. The molecule has 2 aromatic carbocycles. The average Bonchev–Trinajstić information content (AvgIpc) is 3.35. The molecule has 0 aliphatic carbocycles. The van der Waals surface area contributed by atoms with Crippen molar-refractivity contribution < 1.29 is 8.91 Å². The van der Waals surface area contributed by atoms with Crippen molar-refractivity contribution in [3.63, 3.8) is 0 Å². The fourth-order valence-electron chi connectivity index (χ4n) is 2.66. The Hall–Kier alpha value is -2.97. The molecule has 146 valence electrons. The maximum atomic E-state index is 13.1. The Balaban J connectivity index is 1.52. The zero-order valence-electron chi connectivity index (χ0n) is 15.1. The molecule has 0 spiro atoms. The summed E-state index contributed by atoms with van der Waals surface area (Å²) >= 11 is 7.40. The molecule has 0 aliphatic rings. The van der Waals surface area contributed by atoms with Crippen LogP contribution in [-0.4, -0.2) is 24.9 Å². The third kappa shape index (κ3) is 4.38. The van der Waals surface area contributed by atoms with Crippen LogP contribution in [0.3, 0.4) is 0 Å². The summed E-state index contributed by atoms with van der Waals surface area (Å²) in [6, 6.07) is 13.3. The third-order valence-corrected chi connectivity index (χ3v) is 5.23. The molecular formula is C20H15ClFN5OS. The average molecular weight is 428 g/mol. The lowest BCUT2D eigenvalue weighted by atomic mass is 10.2. The molecule has 4 aromatic rings. The molecule has 9 heteroatoms. The highest BCUT2D eigenvalue weighted by molar-refractivity contribution is 7.98. The van der Waals surface area contributed by atoms with Crippen LogP contribution >= 0.6 is 23.4 Å². The van der Waals surface area contributed by atoms with Crippen molar-refractivity contribution in [2.75, 3.05) is 0 Å². The Morgan fingerprint density at radius 1 is 1.07 bits per heavy atom. The highest BCUT2D eigenvalue weighted by atomic mass is 35.5. The molecule has 0 bridgehead atoms.